The first kappa shape index (κ1) is 13.2. The van der Waals surface area contributed by atoms with Crippen molar-refractivity contribution in [1.29, 1.82) is 0 Å². The number of rotatable bonds is 3. The summed E-state index contributed by atoms with van der Waals surface area (Å²) >= 11 is 0. The standard InChI is InChI=1S/C14H13N3O4/c18-14(12-5-6-13(21-12)17(19)20)16-10-4-3-9-2-1-7-15-11(9)8-10/h3-6,8,15H,1-2,7H2,(H,16,18). The molecule has 2 heterocycles. The van der Waals surface area contributed by atoms with Crippen molar-refractivity contribution in [2.24, 2.45) is 0 Å². The van der Waals surface area contributed by atoms with Crippen molar-refractivity contribution in [2.45, 2.75) is 12.8 Å². The van der Waals surface area contributed by atoms with Crippen molar-refractivity contribution in [1.82, 2.24) is 0 Å². The fraction of sp³-hybridized carbons (Fsp3) is 0.214. The van der Waals surface area contributed by atoms with Crippen LogP contribution in [-0.4, -0.2) is 17.4 Å². The molecule has 0 spiro atoms. The van der Waals surface area contributed by atoms with Gasteiger partial charge in [0.05, 0.1) is 6.07 Å². The van der Waals surface area contributed by atoms with E-state index in [1.165, 1.54) is 11.6 Å². The quantitative estimate of drug-likeness (QED) is 0.668. The van der Waals surface area contributed by atoms with Crippen LogP contribution in [0, 0.1) is 10.1 Å². The third-order valence-corrected chi connectivity index (χ3v) is 3.30. The van der Waals surface area contributed by atoms with E-state index < -0.39 is 16.7 Å². The lowest BCUT2D eigenvalue weighted by atomic mass is 10.0. The Morgan fingerprint density at radius 1 is 1.33 bits per heavy atom. The number of benzene rings is 1. The molecule has 7 nitrogen and oxygen atoms in total. The average molecular weight is 287 g/mol. The number of aryl methyl sites for hydroxylation is 1. The van der Waals surface area contributed by atoms with Crippen LogP contribution in [-0.2, 0) is 6.42 Å². The van der Waals surface area contributed by atoms with Gasteiger partial charge in [0.2, 0.25) is 0 Å². The minimum atomic E-state index is -0.681. The van der Waals surface area contributed by atoms with E-state index in [4.69, 9.17) is 4.42 Å². The van der Waals surface area contributed by atoms with E-state index in [1.54, 1.807) is 6.07 Å². The van der Waals surface area contributed by atoms with Crippen LogP contribution < -0.4 is 10.6 Å². The van der Waals surface area contributed by atoms with Gasteiger partial charge in [-0.25, -0.2) is 0 Å². The van der Waals surface area contributed by atoms with Gasteiger partial charge in [0.1, 0.15) is 4.92 Å². The summed E-state index contributed by atoms with van der Waals surface area (Å²) in [4.78, 5) is 21.8. The Hall–Kier alpha value is -2.83. The molecule has 7 heteroatoms. The Kier molecular flexibility index (Phi) is 3.31. The van der Waals surface area contributed by atoms with Crippen molar-refractivity contribution in [3.8, 4) is 0 Å². The Labute approximate surface area is 120 Å². The van der Waals surface area contributed by atoms with Crippen molar-refractivity contribution in [3.63, 3.8) is 0 Å². The van der Waals surface area contributed by atoms with E-state index >= 15 is 0 Å². The van der Waals surface area contributed by atoms with Gasteiger partial charge >= 0.3 is 5.88 Å². The van der Waals surface area contributed by atoms with Gasteiger partial charge in [0, 0.05) is 17.9 Å². The largest absolute Gasteiger partial charge is 0.433 e. The fourth-order valence-corrected chi connectivity index (χ4v) is 2.28. The maximum atomic E-state index is 12.0. The van der Waals surface area contributed by atoms with E-state index in [2.05, 4.69) is 10.6 Å². The highest BCUT2D eigenvalue weighted by molar-refractivity contribution is 6.02. The molecule has 2 aromatic rings. The molecule has 0 saturated heterocycles. The van der Waals surface area contributed by atoms with Crippen molar-refractivity contribution >= 4 is 23.2 Å². The molecule has 0 unspecified atom stereocenters. The number of amides is 1. The molecular weight excluding hydrogens is 274 g/mol. The molecule has 0 radical (unpaired) electrons. The number of hydrogen-bond acceptors (Lipinski definition) is 5. The lowest BCUT2D eigenvalue weighted by Crippen LogP contribution is -2.14. The number of carbonyl (C=O) groups is 1. The first-order valence-corrected chi connectivity index (χ1v) is 6.56. The molecule has 0 aliphatic carbocycles. The predicted octanol–water partition coefficient (Wildman–Crippen LogP) is 2.80. The summed E-state index contributed by atoms with van der Waals surface area (Å²) in [5.74, 6) is -1.06. The second kappa shape index (κ2) is 5.28. The summed E-state index contributed by atoms with van der Waals surface area (Å²) in [5.41, 5.74) is 2.84. The number of nitrogens with zero attached hydrogens (tertiary/aromatic N) is 1. The van der Waals surface area contributed by atoms with E-state index in [-0.39, 0.29) is 5.76 Å². The molecule has 1 aromatic carbocycles. The highest BCUT2D eigenvalue weighted by Gasteiger charge is 2.18. The van der Waals surface area contributed by atoms with Gasteiger partial charge in [0.25, 0.3) is 5.91 Å². The summed E-state index contributed by atoms with van der Waals surface area (Å²) in [5, 5.41) is 16.5. The summed E-state index contributed by atoms with van der Waals surface area (Å²) in [6, 6.07) is 8.06. The van der Waals surface area contributed by atoms with Crippen LogP contribution >= 0.6 is 0 Å². The first-order valence-electron chi connectivity index (χ1n) is 6.56. The Bertz CT molecular complexity index is 708. The second-order valence-electron chi connectivity index (χ2n) is 4.75. The predicted molar refractivity (Wildman–Crippen MR) is 76.6 cm³/mol. The molecular formula is C14H13N3O4. The zero-order valence-electron chi connectivity index (χ0n) is 11.1. The lowest BCUT2D eigenvalue weighted by Gasteiger charge is -2.18. The van der Waals surface area contributed by atoms with Gasteiger partial charge in [-0.1, -0.05) is 6.07 Å². The van der Waals surface area contributed by atoms with Crippen LogP contribution in [0.3, 0.4) is 0 Å². The topological polar surface area (TPSA) is 97.4 Å². The number of nitro groups is 1. The summed E-state index contributed by atoms with van der Waals surface area (Å²) in [7, 11) is 0. The van der Waals surface area contributed by atoms with Crippen molar-refractivity contribution < 1.29 is 14.1 Å². The van der Waals surface area contributed by atoms with Gasteiger partial charge in [0.15, 0.2) is 5.76 Å². The third-order valence-electron chi connectivity index (χ3n) is 3.30. The minimum absolute atomic E-state index is 0.0904. The zero-order valence-corrected chi connectivity index (χ0v) is 11.1. The first-order chi connectivity index (χ1) is 10.1. The Morgan fingerprint density at radius 2 is 2.19 bits per heavy atom. The van der Waals surface area contributed by atoms with Gasteiger partial charge in [-0.15, -0.1) is 0 Å². The fourth-order valence-electron chi connectivity index (χ4n) is 2.28. The van der Waals surface area contributed by atoms with Crippen LogP contribution in [0.2, 0.25) is 0 Å². The van der Waals surface area contributed by atoms with Crippen LogP contribution in [0.5, 0.6) is 0 Å². The SMILES string of the molecule is O=C(Nc1ccc2c(c1)NCCC2)c1ccc([N+](=O)[O-])o1. The summed E-state index contributed by atoms with van der Waals surface area (Å²) in [6.07, 6.45) is 2.11. The van der Waals surface area contributed by atoms with Gasteiger partial charge in [-0.05, 0) is 36.6 Å². The van der Waals surface area contributed by atoms with Crippen molar-refractivity contribution in [2.75, 3.05) is 17.2 Å². The number of fused-ring (bicyclic) bond motifs is 1. The number of carbonyl (C=O) groups excluding carboxylic acids is 1. The second-order valence-corrected chi connectivity index (χ2v) is 4.75. The number of hydrogen-bond donors (Lipinski definition) is 2. The molecule has 21 heavy (non-hydrogen) atoms. The van der Waals surface area contributed by atoms with Crippen LogP contribution in [0.25, 0.3) is 0 Å². The molecule has 108 valence electrons. The molecule has 3 rings (SSSR count). The van der Waals surface area contributed by atoms with Gasteiger partial charge < -0.3 is 15.1 Å². The number of furan rings is 1. The molecule has 1 aromatic heterocycles. The average Bonchev–Trinajstić information content (AvgIpc) is 2.97. The van der Waals surface area contributed by atoms with Gasteiger partial charge in [-0.2, -0.15) is 0 Å². The van der Waals surface area contributed by atoms with E-state index in [0.717, 1.165) is 31.1 Å². The molecule has 0 fully saturated rings. The molecule has 0 bridgehead atoms. The highest BCUT2D eigenvalue weighted by atomic mass is 16.6. The Morgan fingerprint density at radius 3 is 2.95 bits per heavy atom. The molecule has 2 N–H and O–H groups in total. The molecule has 1 aliphatic heterocycles. The number of anilines is 2. The lowest BCUT2D eigenvalue weighted by molar-refractivity contribution is -0.402. The maximum Gasteiger partial charge on any atom is 0.433 e. The van der Waals surface area contributed by atoms with Crippen LogP contribution in [0.15, 0.2) is 34.7 Å². The Balaban J connectivity index is 1.76. The number of nitrogens with one attached hydrogen (secondary N) is 2. The molecule has 1 amide bonds. The molecule has 0 saturated carbocycles. The maximum absolute atomic E-state index is 12.0. The van der Waals surface area contributed by atoms with Gasteiger partial charge in [-0.3, -0.25) is 14.9 Å². The molecule has 0 atom stereocenters. The van der Waals surface area contributed by atoms with E-state index in [9.17, 15) is 14.9 Å². The third kappa shape index (κ3) is 2.71. The monoisotopic (exact) mass is 287 g/mol. The normalized spacial score (nSPS) is 13.1. The zero-order chi connectivity index (χ0) is 14.8. The molecule has 1 aliphatic rings. The minimum Gasteiger partial charge on any atom is -0.395 e. The summed E-state index contributed by atoms with van der Waals surface area (Å²) < 4.78 is 4.86. The smallest absolute Gasteiger partial charge is 0.395 e. The highest BCUT2D eigenvalue weighted by Crippen LogP contribution is 2.26. The van der Waals surface area contributed by atoms with Crippen LogP contribution in [0.4, 0.5) is 17.3 Å². The van der Waals surface area contributed by atoms with E-state index in [1.807, 2.05) is 12.1 Å². The van der Waals surface area contributed by atoms with Crippen LogP contribution in [0.1, 0.15) is 22.5 Å². The van der Waals surface area contributed by atoms with Crippen molar-refractivity contribution in [3.05, 3.63) is 51.8 Å². The van der Waals surface area contributed by atoms with E-state index in [0.29, 0.717) is 5.69 Å². The summed E-state index contributed by atoms with van der Waals surface area (Å²) in [6.45, 7) is 0.911.